The van der Waals surface area contributed by atoms with Crippen molar-refractivity contribution in [3.05, 3.63) is 272 Å². The Bertz CT molecular complexity index is 4270. The SMILES string of the molecule is [C-]#[N+]c1ccc(-n2c3ccccc3c3cc(N(c4ccccc4)c4ccc(-c5ccc(N(c6ccccc6)c6ccc7c(c6)c6ccccc6n7-c6ccc(C#N)cc6)cc5)c5ccccc45)ccc32)cc1. The largest absolute Gasteiger partial charge is 0.310 e. The van der Waals surface area contributed by atoms with E-state index in [2.05, 4.69) is 236 Å². The average molecular weight is 919 g/mol. The normalized spacial score (nSPS) is 11.3. The van der Waals surface area contributed by atoms with Crippen molar-refractivity contribution in [3.63, 3.8) is 0 Å². The Hall–Kier alpha value is -10.1. The second kappa shape index (κ2) is 17.4. The van der Waals surface area contributed by atoms with Gasteiger partial charge in [-0.1, -0.05) is 127 Å². The lowest BCUT2D eigenvalue weighted by molar-refractivity contribution is 1.18. The van der Waals surface area contributed by atoms with Crippen LogP contribution >= 0.6 is 0 Å². The van der Waals surface area contributed by atoms with Crippen LogP contribution < -0.4 is 9.80 Å². The Morgan fingerprint density at radius 1 is 0.361 bits per heavy atom. The van der Waals surface area contributed by atoms with Crippen LogP contribution in [0.3, 0.4) is 0 Å². The molecule has 0 spiro atoms. The van der Waals surface area contributed by atoms with E-state index in [-0.39, 0.29) is 0 Å². The molecular formula is C66H42N6. The van der Waals surface area contributed by atoms with E-state index in [1.54, 1.807) is 0 Å². The minimum atomic E-state index is 0.624. The Labute approximate surface area is 416 Å². The van der Waals surface area contributed by atoms with Crippen LogP contribution in [0.5, 0.6) is 0 Å². The zero-order valence-corrected chi connectivity index (χ0v) is 38.9. The number of aromatic nitrogens is 2. The van der Waals surface area contributed by atoms with Gasteiger partial charge in [-0.15, -0.1) is 0 Å². The monoisotopic (exact) mass is 918 g/mol. The highest BCUT2D eigenvalue weighted by Crippen LogP contribution is 2.45. The molecule has 2 heterocycles. The molecule has 0 unspecified atom stereocenters. The molecule has 0 saturated carbocycles. The summed E-state index contributed by atoms with van der Waals surface area (Å²) in [7, 11) is 0. The van der Waals surface area contributed by atoms with Gasteiger partial charge in [0.2, 0.25) is 0 Å². The molecule has 0 saturated heterocycles. The molecule has 0 fully saturated rings. The summed E-state index contributed by atoms with van der Waals surface area (Å²) in [4.78, 5) is 8.34. The predicted octanol–water partition coefficient (Wildman–Crippen LogP) is 18.1. The molecule has 0 N–H and O–H groups in total. The Kier molecular flexibility index (Phi) is 10.2. The first-order chi connectivity index (χ1) is 35.6. The molecule has 336 valence electrons. The molecule has 13 aromatic rings. The maximum atomic E-state index is 9.50. The number of para-hydroxylation sites is 4. The number of benzene rings is 11. The highest BCUT2D eigenvalue weighted by Gasteiger charge is 2.22. The molecule has 6 nitrogen and oxygen atoms in total. The lowest BCUT2D eigenvalue weighted by atomic mass is 9.96. The summed E-state index contributed by atoms with van der Waals surface area (Å²) in [5, 5.41) is 16.4. The van der Waals surface area contributed by atoms with Crippen LogP contribution in [0, 0.1) is 17.9 Å². The third-order valence-corrected chi connectivity index (χ3v) is 13.9. The summed E-state index contributed by atoms with van der Waals surface area (Å²) in [6, 6.07) is 91.9. The molecule has 6 heteroatoms. The number of rotatable bonds is 9. The van der Waals surface area contributed by atoms with Crippen molar-refractivity contribution < 1.29 is 0 Å². The van der Waals surface area contributed by atoms with E-state index in [0.717, 1.165) is 106 Å². The van der Waals surface area contributed by atoms with Gasteiger partial charge in [0.05, 0.1) is 46.0 Å². The van der Waals surface area contributed by atoms with E-state index in [1.165, 1.54) is 5.39 Å². The third kappa shape index (κ3) is 7.02. The second-order valence-electron chi connectivity index (χ2n) is 18.0. The van der Waals surface area contributed by atoms with Crippen LogP contribution in [0.15, 0.2) is 255 Å². The van der Waals surface area contributed by atoms with E-state index in [0.29, 0.717) is 11.3 Å². The summed E-state index contributed by atoms with van der Waals surface area (Å²) >= 11 is 0. The minimum absolute atomic E-state index is 0.624. The van der Waals surface area contributed by atoms with Crippen molar-refractivity contribution in [1.82, 2.24) is 9.13 Å². The van der Waals surface area contributed by atoms with Crippen molar-refractivity contribution in [2.75, 3.05) is 9.80 Å². The fraction of sp³-hybridized carbons (Fsp3) is 0. The van der Waals surface area contributed by atoms with Gasteiger partial charge in [0.25, 0.3) is 0 Å². The second-order valence-corrected chi connectivity index (χ2v) is 18.0. The molecule has 0 atom stereocenters. The maximum absolute atomic E-state index is 9.50. The summed E-state index contributed by atoms with van der Waals surface area (Å²) in [6.07, 6.45) is 0. The molecule has 2 aromatic heterocycles. The Balaban J connectivity index is 0.906. The van der Waals surface area contributed by atoms with Crippen LogP contribution in [0.1, 0.15) is 5.56 Å². The van der Waals surface area contributed by atoms with Crippen LogP contribution in [0.4, 0.5) is 39.8 Å². The van der Waals surface area contributed by atoms with Crippen molar-refractivity contribution in [2.45, 2.75) is 0 Å². The standard InChI is InChI=1S/C66H42N6/c1-68-47-28-34-52(35-29-47)72-63-23-13-11-21-59(63)61-43-54(37-40-66(61)72)70(49-16-6-3-7-17-49)64-41-38-55(56-18-8-9-19-57(56)64)46-26-32-50(33-27-46)69(48-14-4-2-5-15-48)53-36-39-65-60(42-53)58-20-10-12-22-62(58)71(65)51-30-24-45(44-67)25-31-51/h2-43H. The highest BCUT2D eigenvalue weighted by atomic mass is 15.2. The van der Waals surface area contributed by atoms with Gasteiger partial charge >= 0.3 is 0 Å². The molecule has 72 heavy (non-hydrogen) atoms. The van der Waals surface area contributed by atoms with Crippen molar-refractivity contribution in [3.8, 4) is 28.6 Å². The number of nitriles is 1. The predicted molar refractivity (Wildman–Crippen MR) is 298 cm³/mol. The number of anilines is 6. The lowest BCUT2D eigenvalue weighted by Gasteiger charge is -2.28. The Morgan fingerprint density at radius 3 is 1.36 bits per heavy atom. The average Bonchev–Trinajstić information content (AvgIpc) is 3.96. The number of nitrogens with zero attached hydrogens (tertiary/aromatic N) is 6. The summed E-state index contributed by atoms with van der Waals surface area (Å²) in [5.41, 5.74) is 16.4. The molecule has 0 aliphatic carbocycles. The molecule has 0 radical (unpaired) electrons. The molecular weight excluding hydrogens is 877 g/mol. The summed E-state index contributed by atoms with van der Waals surface area (Å²) in [5.74, 6) is 0. The van der Waals surface area contributed by atoms with Gasteiger partial charge in [0, 0.05) is 66.7 Å². The Morgan fingerprint density at radius 2 is 0.806 bits per heavy atom. The number of fused-ring (bicyclic) bond motifs is 7. The zero-order valence-electron chi connectivity index (χ0n) is 38.9. The van der Waals surface area contributed by atoms with Gasteiger partial charge in [-0.3, -0.25) is 0 Å². The quantitative estimate of drug-likeness (QED) is 0.136. The fourth-order valence-electron chi connectivity index (χ4n) is 10.7. The van der Waals surface area contributed by atoms with Crippen molar-refractivity contribution in [2.24, 2.45) is 0 Å². The fourth-order valence-corrected chi connectivity index (χ4v) is 10.7. The summed E-state index contributed by atoms with van der Waals surface area (Å²) in [6.45, 7) is 7.51. The van der Waals surface area contributed by atoms with Crippen LogP contribution in [0.25, 0.3) is 81.7 Å². The van der Waals surface area contributed by atoms with E-state index in [9.17, 15) is 5.26 Å². The van der Waals surface area contributed by atoms with Gasteiger partial charge in [0.1, 0.15) is 0 Å². The maximum Gasteiger partial charge on any atom is 0.187 e. The van der Waals surface area contributed by atoms with Crippen LogP contribution in [0.2, 0.25) is 0 Å². The molecule has 11 aromatic carbocycles. The number of hydrogen-bond acceptors (Lipinski definition) is 3. The van der Waals surface area contributed by atoms with Crippen LogP contribution in [-0.4, -0.2) is 9.13 Å². The lowest BCUT2D eigenvalue weighted by Crippen LogP contribution is -2.10. The van der Waals surface area contributed by atoms with Gasteiger partial charge in [-0.05, 0) is 144 Å². The van der Waals surface area contributed by atoms with Gasteiger partial charge in [-0.2, -0.15) is 5.26 Å². The molecule has 0 aliphatic rings. The smallest absolute Gasteiger partial charge is 0.187 e. The van der Waals surface area contributed by atoms with E-state index in [1.807, 2.05) is 48.5 Å². The highest BCUT2D eigenvalue weighted by molar-refractivity contribution is 6.13. The first-order valence-electron chi connectivity index (χ1n) is 24.0. The molecule has 0 aliphatic heterocycles. The van der Waals surface area contributed by atoms with Gasteiger partial charge in [-0.25, -0.2) is 4.85 Å². The van der Waals surface area contributed by atoms with Crippen molar-refractivity contribution in [1.29, 1.82) is 5.26 Å². The molecule has 0 amide bonds. The van der Waals surface area contributed by atoms with E-state index in [4.69, 9.17) is 6.57 Å². The van der Waals surface area contributed by atoms with Gasteiger partial charge < -0.3 is 18.9 Å². The van der Waals surface area contributed by atoms with Crippen LogP contribution in [-0.2, 0) is 0 Å². The minimum Gasteiger partial charge on any atom is -0.310 e. The van der Waals surface area contributed by atoms with Gasteiger partial charge in [0.15, 0.2) is 5.69 Å². The number of hydrogen-bond donors (Lipinski definition) is 0. The molecule has 13 rings (SSSR count). The first-order valence-corrected chi connectivity index (χ1v) is 24.0. The topological polar surface area (TPSA) is 44.5 Å². The van der Waals surface area contributed by atoms with Crippen molar-refractivity contribution >= 4 is 94.2 Å². The van der Waals surface area contributed by atoms with E-state index < -0.39 is 0 Å². The first kappa shape index (κ1) is 42.0. The zero-order chi connectivity index (χ0) is 48.1. The summed E-state index contributed by atoms with van der Waals surface area (Å²) < 4.78 is 4.58. The third-order valence-electron chi connectivity index (χ3n) is 13.9. The van der Waals surface area contributed by atoms with E-state index >= 15 is 0 Å². The molecule has 0 bridgehead atoms.